The lowest BCUT2D eigenvalue weighted by atomic mass is 9.94. The predicted octanol–water partition coefficient (Wildman–Crippen LogP) is 3.25. The molecule has 1 aliphatic carbocycles. The van der Waals surface area contributed by atoms with Crippen molar-refractivity contribution in [3.05, 3.63) is 29.3 Å². The minimum atomic E-state index is 0.214. The van der Waals surface area contributed by atoms with E-state index in [9.17, 15) is 0 Å². The molecule has 114 valence electrons. The number of amidine groups is 1. The zero-order valence-electron chi connectivity index (χ0n) is 12.8. The third kappa shape index (κ3) is 2.59. The van der Waals surface area contributed by atoms with Gasteiger partial charge in [0, 0.05) is 18.2 Å². The Labute approximate surface area is 126 Å². The van der Waals surface area contributed by atoms with Gasteiger partial charge in [-0.05, 0) is 50.2 Å². The summed E-state index contributed by atoms with van der Waals surface area (Å²) in [7, 11) is 0. The van der Waals surface area contributed by atoms with Crippen LogP contribution in [0.25, 0.3) is 0 Å². The van der Waals surface area contributed by atoms with Crippen LogP contribution in [0.3, 0.4) is 0 Å². The van der Waals surface area contributed by atoms with Gasteiger partial charge in [0.2, 0.25) is 0 Å². The summed E-state index contributed by atoms with van der Waals surface area (Å²) in [5.74, 6) is 1.03. The van der Waals surface area contributed by atoms with Crippen LogP contribution >= 0.6 is 0 Å². The summed E-state index contributed by atoms with van der Waals surface area (Å²) in [4.78, 5) is 2.53. The maximum Gasteiger partial charge on any atom is 0.172 e. The van der Waals surface area contributed by atoms with Crippen LogP contribution in [0.5, 0.6) is 0 Å². The number of para-hydroxylation sites is 1. The molecule has 4 nitrogen and oxygen atoms in total. The van der Waals surface area contributed by atoms with E-state index >= 15 is 0 Å². The highest BCUT2D eigenvalue weighted by Gasteiger charge is 2.35. The average Bonchev–Trinajstić information content (AvgIpc) is 3.16. The fourth-order valence-electron chi connectivity index (χ4n) is 4.20. The van der Waals surface area contributed by atoms with Gasteiger partial charge >= 0.3 is 0 Å². The Balaban J connectivity index is 1.98. The molecular weight excluding hydrogens is 262 g/mol. The number of nitrogens with two attached hydrogens (primary N) is 1. The Morgan fingerprint density at radius 1 is 1.24 bits per heavy atom. The molecule has 1 unspecified atom stereocenters. The number of hydrogen-bond acceptors (Lipinski definition) is 3. The molecule has 0 aromatic heterocycles. The Hall–Kier alpha value is -1.71. The van der Waals surface area contributed by atoms with E-state index in [0.29, 0.717) is 6.04 Å². The van der Waals surface area contributed by atoms with Gasteiger partial charge in [0.05, 0.1) is 5.69 Å². The molecule has 3 rings (SSSR count). The van der Waals surface area contributed by atoms with E-state index in [1.54, 1.807) is 0 Å². The number of aryl methyl sites for hydroxylation is 1. The Morgan fingerprint density at radius 3 is 2.71 bits per heavy atom. The van der Waals surface area contributed by atoms with Crippen molar-refractivity contribution in [1.82, 2.24) is 0 Å². The van der Waals surface area contributed by atoms with E-state index < -0.39 is 0 Å². The quantitative estimate of drug-likeness (QED) is 0.388. The summed E-state index contributed by atoms with van der Waals surface area (Å²) in [6.07, 6.45) is 7.96. The number of oxime groups is 1. The van der Waals surface area contributed by atoms with Gasteiger partial charge in [-0.1, -0.05) is 30.1 Å². The molecule has 1 aromatic carbocycles. The van der Waals surface area contributed by atoms with Gasteiger partial charge in [-0.15, -0.1) is 0 Å². The number of hydrogen-bond donors (Lipinski definition) is 2. The third-order valence-corrected chi connectivity index (χ3v) is 5.15. The minimum absolute atomic E-state index is 0.214. The maximum absolute atomic E-state index is 9.07. The van der Waals surface area contributed by atoms with Crippen molar-refractivity contribution in [2.24, 2.45) is 16.8 Å². The SMILES string of the molecule is Cc1cccc(/C(N)=N/O)c1N1CCCC1C1CCCC1. The Kier molecular flexibility index (Phi) is 4.04. The fraction of sp³-hybridized carbons (Fsp3) is 0.588. The lowest BCUT2D eigenvalue weighted by Gasteiger charge is -2.33. The Morgan fingerprint density at radius 2 is 2.00 bits per heavy atom. The molecule has 1 saturated heterocycles. The number of rotatable bonds is 3. The second kappa shape index (κ2) is 5.96. The van der Waals surface area contributed by atoms with Crippen molar-refractivity contribution in [1.29, 1.82) is 0 Å². The zero-order chi connectivity index (χ0) is 14.8. The smallest absolute Gasteiger partial charge is 0.172 e. The van der Waals surface area contributed by atoms with E-state index in [1.807, 2.05) is 12.1 Å². The number of nitrogens with zero attached hydrogens (tertiary/aromatic N) is 2. The van der Waals surface area contributed by atoms with Crippen molar-refractivity contribution < 1.29 is 5.21 Å². The standard InChI is InChI=1S/C17H25N3O/c1-12-6-4-9-14(17(18)19-21)16(12)20-11-5-10-15(20)13-7-2-3-8-13/h4,6,9,13,15,21H,2-3,5,7-8,10-11H2,1H3,(H2,18,19). The van der Waals surface area contributed by atoms with Crippen molar-refractivity contribution in [3.63, 3.8) is 0 Å². The van der Waals surface area contributed by atoms with Gasteiger partial charge in [0.15, 0.2) is 5.84 Å². The van der Waals surface area contributed by atoms with E-state index in [4.69, 9.17) is 10.9 Å². The van der Waals surface area contributed by atoms with E-state index in [-0.39, 0.29) is 5.84 Å². The molecule has 1 aliphatic heterocycles. The molecule has 2 fully saturated rings. The first-order chi connectivity index (χ1) is 10.2. The van der Waals surface area contributed by atoms with Crippen LogP contribution in [0, 0.1) is 12.8 Å². The molecule has 2 aliphatic rings. The van der Waals surface area contributed by atoms with E-state index in [1.165, 1.54) is 49.8 Å². The first kappa shape index (κ1) is 14.2. The highest BCUT2D eigenvalue weighted by atomic mass is 16.4. The molecule has 1 saturated carbocycles. The normalized spacial score (nSPS) is 24.0. The van der Waals surface area contributed by atoms with Crippen LogP contribution in [-0.2, 0) is 0 Å². The molecule has 0 spiro atoms. The van der Waals surface area contributed by atoms with E-state index in [0.717, 1.165) is 18.0 Å². The monoisotopic (exact) mass is 287 g/mol. The van der Waals surface area contributed by atoms with Crippen LogP contribution in [0.1, 0.15) is 49.7 Å². The highest BCUT2D eigenvalue weighted by molar-refractivity contribution is 6.03. The van der Waals surface area contributed by atoms with Gasteiger partial charge < -0.3 is 15.8 Å². The first-order valence-corrected chi connectivity index (χ1v) is 8.06. The number of anilines is 1. The van der Waals surface area contributed by atoms with E-state index in [2.05, 4.69) is 23.0 Å². The van der Waals surface area contributed by atoms with Crippen LogP contribution in [0.4, 0.5) is 5.69 Å². The van der Waals surface area contributed by atoms with Crippen molar-refractivity contribution in [3.8, 4) is 0 Å². The van der Waals surface area contributed by atoms with Crippen LogP contribution in [-0.4, -0.2) is 23.6 Å². The summed E-state index contributed by atoms with van der Waals surface area (Å²) < 4.78 is 0. The number of benzene rings is 1. The fourth-order valence-corrected chi connectivity index (χ4v) is 4.20. The van der Waals surface area contributed by atoms with Crippen LogP contribution in [0.15, 0.2) is 23.4 Å². The van der Waals surface area contributed by atoms with Gasteiger partial charge in [-0.2, -0.15) is 0 Å². The molecule has 1 aromatic rings. The highest BCUT2D eigenvalue weighted by Crippen LogP contribution is 2.39. The third-order valence-electron chi connectivity index (χ3n) is 5.15. The lowest BCUT2D eigenvalue weighted by Crippen LogP contribution is -2.36. The van der Waals surface area contributed by atoms with Gasteiger partial charge in [-0.3, -0.25) is 0 Å². The molecule has 3 N–H and O–H groups in total. The summed E-state index contributed by atoms with van der Waals surface area (Å²) in [6.45, 7) is 3.20. The lowest BCUT2D eigenvalue weighted by molar-refractivity contribution is 0.318. The van der Waals surface area contributed by atoms with Gasteiger partial charge in [0.1, 0.15) is 0 Å². The molecule has 4 heteroatoms. The topological polar surface area (TPSA) is 61.9 Å². The molecule has 21 heavy (non-hydrogen) atoms. The summed E-state index contributed by atoms with van der Waals surface area (Å²) >= 11 is 0. The molecular formula is C17H25N3O. The summed E-state index contributed by atoms with van der Waals surface area (Å²) in [5.41, 5.74) is 9.15. The maximum atomic E-state index is 9.07. The van der Waals surface area contributed by atoms with Gasteiger partial charge in [0.25, 0.3) is 0 Å². The molecule has 0 radical (unpaired) electrons. The molecule has 0 bridgehead atoms. The van der Waals surface area contributed by atoms with Crippen molar-refractivity contribution in [2.45, 2.75) is 51.5 Å². The zero-order valence-corrected chi connectivity index (χ0v) is 12.8. The minimum Gasteiger partial charge on any atom is -0.409 e. The van der Waals surface area contributed by atoms with Crippen LogP contribution < -0.4 is 10.6 Å². The largest absolute Gasteiger partial charge is 0.409 e. The van der Waals surface area contributed by atoms with Crippen molar-refractivity contribution in [2.75, 3.05) is 11.4 Å². The van der Waals surface area contributed by atoms with Crippen LogP contribution in [0.2, 0.25) is 0 Å². The first-order valence-electron chi connectivity index (χ1n) is 8.06. The predicted molar refractivity (Wildman–Crippen MR) is 86.0 cm³/mol. The molecule has 0 amide bonds. The average molecular weight is 287 g/mol. The second-order valence-electron chi connectivity index (χ2n) is 6.40. The summed E-state index contributed by atoms with van der Waals surface area (Å²) in [5, 5.41) is 12.3. The van der Waals surface area contributed by atoms with Gasteiger partial charge in [-0.25, -0.2) is 0 Å². The molecule has 1 atom stereocenters. The summed E-state index contributed by atoms with van der Waals surface area (Å²) in [6, 6.07) is 6.68. The van der Waals surface area contributed by atoms with Crippen molar-refractivity contribution >= 4 is 11.5 Å². The Bertz CT molecular complexity index is 535. The second-order valence-corrected chi connectivity index (χ2v) is 6.40. The molecule has 1 heterocycles.